The van der Waals surface area contributed by atoms with Crippen LogP contribution in [0.5, 0.6) is 11.5 Å². The van der Waals surface area contributed by atoms with Gasteiger partial charge in [0.2, 0.25) is 0 Å². The van der Waals surface area contributed by atoms with Crippen LogP contribution in [0.2, 0.25) is 0 Å². The minimum atomic E-state index is 0.748. The van der Waals surface area contributed by atoms with Crippen molar-refractivity contribution in [3.63, 3.8) is 0 Å². The minimum absolute atomic E-state index is 0.748. The number of para-hydroxylation sites is 2. The average Bonchev–Trinajstić information content (AvgIpc) is 3.63. The summed E-state index contributed by atoms with van der Waals surface area (Å²) < 4.78 is 11.1. The number of benzene rings is 5. The molecule has 0 radical (unpaired) electrons. The molecule has 0 amide bonds. The van der Waals surface area contributed by atoms with Crippen molar-refractivity contribution < 1.29 is 4.74 Å². The van der Waals surface area contributed by atoms with E-state index in [4.69, 9.17) is 9.72 Å². The predicted octanol–water partition coefficient (Wildman–Crippen LogP) is 10.7. The number of rotatable bonds is 5. The number of hydrogen-bond donors (Lipinski definition) is 0. The van der Waals surface area contributed by atoms with E-state index >= 15 is 0 Å². The highest BCUT2D eigenvalue weighted by atomic mass is 16.5. The molecule has 0 bridgehead atoms. The molecule has 0 aliphatic rings. The normalized spacial score (nSPS) is 11.6. The quantitative estimate of drug-likeness (QED) is 0.196. The van der Waals surface area contributed by atoms with Gasteiger partial charge in [0.1, 0.15) is 17.1 Å². The summed E-state index contributed by atoms with van der Waals surface area (Å²) in [5.41, 5.74) is 10.8. The molecule has 0 saturated heterocycles. The van der Waals surface area contributed by atoms with Crippen LogP contribution < -0.4 is 4.74 Å². The first-order valence-electron chi connectivity index (χ1n) is 15.8. The van der Waals surface area contributed by atoms with Crippen molar-refractivity contribution in [1.29, 1.82) is 0 Å². The van der Waals surface area contributed by atoms with E-state index in [1.54, 1.807) is 0 Å². The molecule has 0 saturated carbocycles. The maximum absolute atomic E-state index is 6.48. The summed E-state index contributed by atoms with van der Waals surface area (Å²) in [7, 11) is 0. The molecule has 4 heterocycles. The first kappa shape index (κ1) is 27.1. The molecule has 5 aromatic carbocycles. The van der Waals surface area contributed by atoms with Gasteiger partial charge in [0, 0.05) is 51.3 Å². The number of aryl methyl sites for hydroxylation is 2. The Morgan fingerprint density at radius 3 is 2.17 bits per heavy atom. The molecule has 5 heteroatoms. The van der Waals surface area contributed by atoms with Crippen molar-refractivity contribution in [2.45, 2.75) is 13.8 Å². The molecule has 0 spiro atoms. The Kier molecular flexibility index (Phi) is 6.18. The van der Waals surface area contributed by atoms with E-state index in [1.807, 2.05) is 48.8 Å². The van der Waals surface area contributed by atoms with Gasteiger partial charge in [-0.15, -0.1) is 0 Å². The Morgan fingerprint density at radius 1 is 0.532 bits per heavy atom. The van der Waals surface area contributed by atoms with Crippen molar-refractivity contribution in [3.05, 3.63) is 157 Å². The second-order valence-electron chi connectivity index (χ2n) is 12.0. The maximum Gasteiger partial charge on any atom is 0.145 e. The van der Waals surface area contributed by atoms with Crippen molar-refractivity contribution in [2.75, 3.05) is 0 Å². The van der Waals surface area contributed by atoms with Crippen LogP contribution in [0.1, 0.15) is 11.1 Å². The predicted molar refractivity (Wildman–Crippen MR) is 192 cm³/mol. The number of aromatic nitrogens is 4. The highest BCUT2D eigenvalue weighted by Crippen LogP contribution is 2.41. The van der Waals surface area contributed by atoms with Crippen LogP contribution in [-0.4, -0.2) is 19.1 Å². The Morgan fingerprint density at radius 2 is 1.30 bits per heavy atom. The summed E-state index contributed by atoms with van der Waals surface area (Å²) >= 11 is 0. The standard InChI is InChI=1S/C42H30N4O/c1-27-23-37(44-26-28(27)2)29-11-8-15-32(24-29)47-33-16-9-14-31(25-33)46-39-21-20-35-34-17-6-7-19-38(34)45(30-12-4-3-5-13-30)41(35)40(39)36-18-10-22-43-42(36)46/h3-26H,1-2H3. The fourth-order valence-electron chi connectivity index (χ4n) is 6.81. The van der Waals surface area contributed by atoms with Crippen LogP contribution in [0, 0.1) is 13.8 Å². The third-order valence-corrected chi connectivity index (χ3v) is 9.15. The van der Waals surface area contributed by atoms with Crippen LogP contribution in [0.3, 0.4) is 0 Å². The lowest BCUT2D eigenvalue weighted by Crippen LogP contribution is -1.96. The van der Waals surface area contributed by atoms with Gasteiger partial charge in [-0.3, -0.25) is 9.55 Å². The van der Waals surface area contributed by atoms with Gasteiger partial charge in [0.05, 0.1) is 27.9 Å². The van der Waals surface area contributed by atoms with E-state index in [9.17, 15) is 0 Å². The molecule has 9 aromatic rings. The first-order chi connectivity index (χ1) is 23.1. The molecular formula is C42H30N4O. The van der Waals surface area contributed by atoms with Gasteiger partial charge >= 0.3 is 0 Å². The molecule has 0 N–H and O–H groups in total. The van der Waals surface area contributed by atoms with Crippen LogP contribution in [0.15, 0.2) is 146 Å². The SMILES string of the molecule is Cc1cnc(-c2cccc(Oc3cccc(-n4c5ccc6c7ccccc7n(-c7ccccc7)c6c5c5cccnc54)c3)c2)cc1C. The van der Waals surface area contributed by atoms with Crippen molar-refractivity contribution in [3.8, 4) is 34.1 Å². The van der Waals surface area contributed by atoms with Crippen molar-refractivity contribution in [1.82, 2.24) is 19.1 Å². The maximum atomic E-state index is 6.48. The molecule has 0 fully saturated rings. The number of nitrogens with zero attached hydrogens (tertiary/aromatic N) is 4. The first-order valence-corrected chi connectivity index (χ1v) is 15.8. The van der Waals surface area contributed by atoms with E-state index in [1.165, 1.54) is 38.3 Å². The second kappa shape index (κ2) is 10.7. The number of fused-ring (bicyclic) bond motifs is 7. The van der Waals surface area contributed by atoms with E-state index in [-0.39, 0.29) is 0 Å². The Hall–Kier alpha value is -6.20. The highest BCUT2D eigenvalue weighted by Gasteiger charge is 2.21. The van der Waals surface area contributed by atoms with Crippen LogP contribution in [0.25, 0.3) is 66.4 Å². The molecule has 0 aliphatic heterocycles. The summed E-state index contributed by atoms with van der Waals surface area (Å²) in [6.07, 6.45) is 3.79. The topological polar surface area (TPSA) is 44.9 Å². The Balaban J connectivity index is 1.22. The Bertz CT molecular complexity index is 2630. The van der Waals surface area contributed by atoms with Crippen LogP contribution in [-0.2, 0) is 0 Å². The van der Waals surface area contributed by atoms with Crippen molar-refractivity contribution >= 4 is 43.7 Å². The summed E-state index contributed by atoms with van der Waals surface area (Å²) in [5.74, 6) is 1.51. The lowest BCUT2D eigenvalue weighted by molar-refractivity contribution is 0.482. The lowest BCUT2D eigenvalue weighted by atomic mass is 10.1. The summed E-state index contributed by atoms with van der Waals surface area (Å²) in [6.45, 7) is 4.19. The third-order valence-electron chi connectivity index (χ3n) is 9.15. The van der Waals surface area contributed by atoms with Gasteiger partial charge in [-0.25, -0.2) is 4.98 Å². The van der Waals surface area contributed by atoms with Gasteiger partial charge in [-0.05, 0) is 91.7 Å². The zero-order valence-electron chi connectivity index (χ0n) is 26.1. The fraction of sp³-hybridized carbons (Fsp3) is 0.0476. The van der Waals surface area contributed by atoms with Gasteiger partial charge < -0.3 is 9.30 Å². The largest absolute Gasteiger partial charge is 0.457 e. The van der Waals surface area contributed by atoms with Crippen LogP contribution in [0.4, 0.5) is 0 Å². The van der Waals surface area contributed by atoms with Gasteiger partial charge in [0.25, 0.3) is 0 Å². The summed E-state index contributed by atoms with van der Waals surface area (Å²) in [5, 5.41) is 4.72. The number of pyridine rings is 2. The highest BCUT2D eigenvalue weighted by molar-refractivity contribution is 6.25. The average molecular weight is 607 g/mol. The van der Waals surface area contributed by atoms with Gasteiger partial charge in [0.15, 0.2) is 0 Å². The lowest BCUT2D eigenvalue weighted by Gasteiger charge is -2.12. The van der Waals surface area contributed by atoms with E-state index in [0.717, 1.165) is 50.7 Å². The third kappa shape index (κ3) is 4.39. The molecule has 0 atom stereocenters. The van der Waals surface area contributed by atoms with E-state index in [2.05, 4.69) is 125 Å². The molecule has 47 heavy (non-hydrogen) atoms. The van der Waals surface area contributed by atoms with E-state index in [0.29, 0.717) is 0 Å². The Labute approximate surface area is 272 Å². The number of hydrogen-bond acceptors (Lipinski definition) is 3. The molecular weight excluding hydrogens is 576 g/mol. The summed E-state index contributed by atoms with van der Waals surface area (Å²) in [4.78, 5) is 9.59. The van der Waals surface area contributed by atoms with Crippen LogP contribution >= 0.6 is 0 Å². The molecule has 0 aliphatic carbocycles. The zero-order valence-corrected chi connectivity index (χ0v) is 26.1. The van der Waals surface area contributed by atoms with Gasteiger partial charge in [-0.1, -0.05) is 60.7 Å². The molecule has 0 unspecified atom stereocenters. The second-order valence-corrected chi connectivity index (χ2v) is 12.0. The zero-order chi connectivity index (χ0) is 31.5. The molecule has 5 nitrogen and oxygen atoms in total. The summed E-state index contributed by atoms with van der Waals surface area (Å²) in [6, 6.07) is 46.4. The molecule has 9 rings (SSSR count). The van der Waals surface area contributed by atoms with Crippen molar-refractivity contribution in [2.24, 2.45) is 0 Å². The van der Waals surface area contributed by atoms with E-state index < -0.39 is 0 Å². The minimum Gasteiger partial charge on any atom is -0.457 e. The smallest absolute Gasteiger partial charge is 0.145 e. The monoisotopic (exact) mass is 606 g/mol. The molecule has 224 valence electrons. The van der Waals surface area contributed by atoms with Gasteiger partial charge in [-0.2, -0.15) is 0 Å². The molecule has 4 aromatic heterocycles. The number of ether oxygens (including phenoxy) is 1. The fourth-order valence-corrected chi connectivity index (χ4v) is 6.81.